The molecule has 28 heavy (non-hydrogen) atoms. The van der Waals surface area contributed by atoms with Gasteiger partial charge in [-0.25, -0.2) is 0 Å². The number of carbonyl (C=O) groups excluding carboxylic acids is 1. The number of piperidine rings is 1. The van der Waals surface area contributed by atoms with Crippen LogP contribution in [0.25, 0.3) is 0 Å². The number of anilines is 2. The summed E-state index contributed by atoms with van der Waals surface area (Å²) in [7, 11) is 0. The van der Waals surface area contributed by atoms with Gasteiger partial charge in [0.05, 0.1) is 11.8 Å². The van der Waals surface area contributed by atoms with Crippen LogP contribution in [-0.2, 0) is 4.74 Å². The normalized spacial score (nSPS) is 19.4. The van der Waals surface area contributed by atoms with Crippen LogP contribution < -0.4 is 15.0 Å². The molecule has 2 heterocycles. The van der Waals surface area contributed by atoms with Crippen molar-refractivity contribution in [3.05, 3.63) is 54.1 Å². The van der Waals surface area contributed by atoms with E-state index in [9.17, 15) is 4.79 Å². The fourth-order valence-corrected chi connectivity index (χ4v) is 3.82. The molecule has 1 N–H and O–H groups in total. The van der Waals surface area contributed by atoms with E-state index in [0.29, 0.717) is 23.6 Å². The summed E-state index contributed by atoms with van der Waals surface area (Å²) in [5, 5.41) is 2.98. The maximum atomic E-state index is 12.7. The summed E-state index contributed by atoms with van der Waals surface area (Å²) in [5.41, 5.74) is 2.52. The first-order valence-electron chi connectivity index (χ1n) is 10.3. The Kier molecular flexibility index (Phi) is 6.12. The van der Waals surface area contributed by atoms with Gasteiger partial charge in [-0.1, -0.05) is 12.1 Å². The lowest BCUT2D eigenvalue weighted by Gasteiger charge is -2.28. The van der Waals surface area contributed by atoms with E-state index in [1.54, 1.807) is 0 Å². The van der Waals surface area contributed by atoms with Crippen molar-refractivity contribution >= 4 is 17.3 Å². The smallest absolute Gasteiger partial charge is 0.255 e. The minimum atomic E-state index is -0.127. The van der Waals surface area contributed by atoms with Crippen molar-refractivity contribution in [3.63, 3.8) is 0 Å². The molecule has 0 spiro atoms. The molecule has 2 saturated heterocycles. The molecule has 5 nitrogen and oxygen atoms in total. The molecular formula is C23H28N2O3. The van der Waals surface area contributed by atoms with Crippen LogP contribution in [0.15, 0.2) is 48.5 Å². The highest BCUT2D eigenvalue weighted by Crippen LogP contribution is 2.26. The van der Waals surface area contributed by atoms with Crippen LogP contribution in [0, 0.1) is 0 Å². The highest BCUT2D eigenvalue weighted by atomic mass is 16.5. The van der Waals surface area contributed by atoms with Crippen LogP contribution in [0.1, 0.15) is 42.5 Å². The van der Waals surface area contributed by atoms with Gasteiger partial charge in [0, 0.05) is 30.9 Å². The molecule has 0 bridgehead atoms. The van der Waals surface area contributed by atoms with Gasteiger partial charge < -0.3 is 19.7 Å². The number of ether oxygens (including phenoxy) is 2. The van der Waals surface area contributed by atoms with Crippen LogP contribution in [0.5, 0.6) is 5.75 Å². The van der Waals surface area contributed by atoms with Crippen LogP contribution in [0.2, 0.25) is 0 Å². The van der Waals surface area contributed by atoms with Gasteiger partial charge in [-0.3, -0.25) is 4.79 Å². The SMILES string of the molecule is O=C(Nc1ccccc1OCC1CCCO1)c1ccc(N2CCCCC2)cc1. The van der Waals surface area contributed by atoms with E-state index < -0.39 is 0 Å². The predicted octanol–water partition coefficient (Wildman–Crippen LogP) is 4.49. The van der Waals surface area contributed by atoms with Crippen LogP contribution >= 0.6 is 0 Å². The summed E-state index contributed by atoms with van der Waals surface area (Å²) in [4.78, 5) is 15.1. The summed E-state index contributed by atoms with van der Waals surface area (Å²) in [6, 6.07) is 15.4. The number of benzene rings is 2. The molecule has 2 fully saturated rings. The fraction of sp³-hybridized carbons (Fsp3) is 0.435. The lowest BCUT2D eigenvalue weighted by Crippen LogP contribution is -2.29. The van der Waals surface area contributed by atoms with Gasteiger partial charge in [-0.2, -0.15) is 0 Å². The minimum absolute atomic E-state index is 0.127. The highest BCUT2D eigenvalue weighted by molar-refractivity contribution is 6.05. The maximum Gasteiger partial charge on any atom is 0.255 e. The largest absolute Gasteiger partial charge is 0.489 e. The second-order valence-electron chi connectivity index (χ2n) is 7.49. The molecule has 1 amide bonds. The molecule has 0 aromatic heterocycles. The Labute approximate surface area is 166 Å². The number of hydrogen-bond acceptors (Lipinski definition) is 4. The second-order valence-corrected chi connectivity index (χ2v) is 7.49. The molecule has 2 aromatic carbocycles. The molecule has 1 unspecified atom stereocenters. The molecule has 4 rings (SSSR count). The van der Waals surface area contributed by atoms with Gasteiger partial charge >= 0.3 is 0 Å². The predicted molar refractivity (Wildman–Crippen MR) is 111 cm³/mol. The standard InChI is InChI=1S/C23H28N2O3/c26-23(18-10-12-19(13-11-18)25-14-4-1-5-15-25)24-21-8-2-3-9-22(21)28-17-20-7-6-16-27-20/h2-3,8-13,20H,1,4-7,14-17H2,(H,24,26). The Bertz CT molecular complexity index is 779. The number of amides is 1. The summed E-state index contributed by atoms with van der Waals surface area (Å²) in [6.07, 6.45) is 6.05. The molecule has 0 saturated carbocycles. The molecular weight excluding hydrogens is 352 g/mol. The number of rotatable bonds is 6. The molecule has 2 aliphatic heterocycles. The van der Waals surface area contributed by atoms with Crippen molar-refractivity contribution in [3.8, 4) is 5.75 Å². The van der Waals surface area contributed by atoms with Crippen LogP contribution in [0.3, 0.4) is 0 Å². The third kappa shape index (κ3) is 4.65. The van der Waals surface area contributed by atoms with Crippen molar-refractivity contribution < 1.29 is 14.3 Å². The Morgan fingerprint density at radius 3 is 2.57 bits per heavy atom. The van der Waals surface area contributed by atoms with Gasteiger partial charge in [-0.05, 0) is 68.5 Å². The number of carbonyl (C=O) groups is 1. The summed E-state index contributed by atoms with van der Waals surface area (Å²) >= 11 is 0. The zero-order chi connectivity index (χ0) is 19.2. The van der Waals surface area contributed by atoms with E-state index in [4.69, 9.17) is 9.47 Å². The van der Waals surface area contributed by atoms with Gasteiger partial charge in [-0.15, -0.1) is 0 Å². The molecule has 0 radical (unpaired) electrons. The Hall–Kier alpha value is -2.53. The Balaban J connectivity index is 1.39. The zero-order valence-electron chi connectivity index (χ0n) is 16.2. The average molecular weight is 380 g/mol. The molecule has 2 aromatic rings. The van der Waals surface area contributed by atoms with E-state index in [1.165, 1.54) is 24.9 Å². The highest BCUT2D eigenvalue weighted by Gasteiger charge is 2.17. The maximum absolute atomic E-state index is 12.7. The van der Waals surface area contributed by atoms with Crippen molar-refractivity contribution in [1.29, 1.82) is 0 Å². The van der Waals surface area contributed by atoms with Crippen molar-refractivity contribution in [1.82, 2.24) is 0 Å². The first-order chi connectivity index (χ1) is 13.8. The lowest BCUT2D eigenvalue weighted by molar-refractivity contribution is 0.0682. The zero-order valence-corrected chi connectivity index (χ0v) is 16.2. The fourth-order valence-electron chi connectivity index (χ4n) is 3.82. The summed E-state index contributed by atoms with van der Waals surface area (Å²) < 4.78 is 11.5. The number of hydrogen-bond donors (Lipinski definition) is 1. The van der Waals surface area contributed by atoms with Crippen molar-refractivity contribution in [2.75, 3.05) is 36.5 Å². The van der Waals surface area contributed by atoms with Crippen LogP contribution in [-0.4, -0.2) is 38.3 Å². The van der Waals surface area contributed by atoms with E-state index in [0.717, 1.165) is 32.5 Å². The van der Waals surface area contributed by atoms with Gasteiger partial charge in [0.25, 0.3) is 5.91 Å². The molecule has 148 valence electrons. The average Bonchev–Trinajstić information content (AvgIpc) is 3.27. The summed E-state index contributed by atoms with van der Waals surface area (Å²) in [5.74, 6) is 0.551. The first-order valence-corrected chi connectivity index (χ1v) is 10.3. The van der Waals surface area contributed by atoms with Gasteiger partial charge in [0.15, 0.2) is 0 Å². The quantitative estimate of drug-likeness (QED) is 0.802. The second kappa shape index (κ2) is 9.11. The lowest BCUT2D eigenvalue weighted by atomic mass is 10.1. The van der Waals surface area contributed by atoms with E-state index in [1.807, 2.05) is 48.5 Å². The monoisotopic (exact) mass is 380 g/mol. The number of para-hydroxylation sites is 2. The molecule has 0 aliphatic carbocycles. The van der Waals surface area contributed by atoms with Crippen molar-refractivity contribution in [2.45, 2.75) is 38.2 Å². The van der Waals surface area contributed by atoms with Gasteiger partial charge in [0.2, 0.25) is 0 Å². The topological polar surface area (TPSA) is 50.8 Å². The first kappa shape index (κ1) is 18.8. The van der Waals surface area contributed by atoms with E-state index in [2.05, 4.69) is 10.2 Å². The van der Waals surface area contributed by atoms with Gasteiger partial charge in [0.1, 0.15) is 12.4 Å². The number of nitrogens with one attached hydrogen (secondary N) is 1. The summed E-state index contributed by atoms with van der Waals surface area (Å²) in [6.45, 7) is 3.51. The van der Waals surface area contributed by atoms with Crippen molar-refractivity contribution in [2.24, 2.45) is 0 Å². The Morgan fingerprint density at radius 2 is 1.82 bits per heavy atom. The number of nitrogens with zero attached hydrogens (tertiary/aromatic N) is 1. The van der Waals surface area contributed by atoms with Crippen LogP contribution in [0.4, 0.5) is 11.4 Å². The van der Waals surface area contributed by atoms with E-state index in [-0.39, 0.29) is 12.0 Å². The Morgan fingerprint density at radius 1 is 1.04 bits per heavy atom. The molecule has 2 aliphatic rings. The minimum Gasteiger partial charge on any atom is -0.489 e. The molecule has 5 heteroatoms. The third-order valence-electron chi connectivity index (χ3n) is 5.43. The van der Waals surface area contributed by atoms with E-state index >= 15 is 0 Å². The molecule has 1 atom stereocenters. The third-order valence-corrected chi connectivity index (χ3v) is 5.43.